The first kappa shape index (κ1) is 8.70. The van der Waals surface area contributed by atoms with Crippen LogP contribution in [-0.2, 0) is 4.74 Å². The van der Waals surface area contributed by atoms with E-state index in [2.05, 4.69) is 22.9 Å². The molecule has 1 heterocycles. The van der Waals surface area contributed by atoms with Crippen LogP contribution in [0.3, 0.4) is 0 Å². The van der Waals surface area contributed by atoms with E-state index in [-0.39, 0.29) is 12.1 Å². The van der Waals surface area contributed by atoms with Gasteiger partial charge in [-0.15, -0.1) is 0 Å². The lowest BCUT2D eigenvalue weighted by Crippen LogP contribution is -2.43. The number of aliphatic hydroxyl groups is 1. The van der Waals surface area contributed by atoms with Crippen molar-refractivity contribution in [3.05, 3.63) is 0 Å². The number of hydrogen-bond acceptors (Lipinski definition) is 3. The summed E-state index contributed by atoms with van der Waals surface area (Å²) in [6.45, 7) is 1.26. The lowest BCUT2D eigenvalue weighted by molar-refractivity contribution is -0.0379. The quantitative estimate of drug-likeness (QED) is 0.545. The fourth-order valence-corrected chi connectivity index (χ4v) is 1.78. The average molecular weight is 257 g/mol. The highest BCUT2D eigenvalue weighted by atomic mass is 127. The summed E-state index contributed by atoms with van der Waals surface area (Å²) in [6, 6.07) is 0.273. The van der Waals surface area contributed by atoms with Gasteiger partial charge in [-0.3, -0.25) is 0 Å². The highest BCUT2D eigenvalue weighted by Gasteiger charge is 2.25. The summed E-state index contributed by atoms with van der Waals surface area (Å²) in [5, 5.41) is 9.37. The van der Waals surface area contributed by atoms with Crippen LogP contribution in [0, 0.1) is 0 Å². The highest BCUT2D eigenvalue weighted by Crippen LogP contribution is 2.16. The molecule has 0 amide bonds. The van der Waals surface area contributed by atoms with Crippen molar-refractivity contribution in [3.8, 4) is 0 Å². The van der Waals surface area contributed by atoms with E-state index in [4.69, 9.17) is 4.74 Å². The van der Waals surface area contributed by atoms with Gasteiger partial charge < -0.3 is 9.84 Å². The van der Waals surface area contributed by atoms with Gasteiger partial charge in [0.1, 0.15) is 0 Å². The molecule has 3 nitrogen and oxygen atoms in total. The average Bonchev–Trinajstić information content (AvgIpc) is 1.88. The van der Waals surface area contributed by atoms with Crippen molar-refractivity contribution in [2.24, 2.45) is 0 Å². The summed E-state index contributed by atoms with van der Waals surface area (Å²) in [5.74, 6) is 0. The number of ether oxygens (including phenoxy) is 1. The summed E-state index contributed by atoms with van der Waals surface area (Å²) >= 11 is 2.19. The standard InChI is InChI=1S/C6H12INO2/c1-8(7)5-2-3-10-4-6(5)9/h5-6,9H,2-4H2,1H3. The van der Waals surface area contributed by atoms with Gasteiger partial charge in [-0.25, -0.2) is 3.11 Å². The molecule has 0 spiro atoms. The fourth-order valence-electron chi connectivity index (χ4n) is 1.13. The number of aliphatic hydroxyl groups excluding tert-OH is 1. The van der Waals surface area contributed by atoms with E-state index in [1.54, 1.807) is 0 Å². The zero-order chi connectivity index (χ0) is 7.56. The Hall–Kier alpha value is 0.610. The van der Waals surface area contributed by atoms with Gasteiger partial charge in [0.05, 0.1) is 12.7 Å². The predicted molar refractivity (Wildman–Crippen MR) is 47.0 cm³/mol. The maximum atomic E-state index is 9.37. The molecule has 0 saturated carbocycles. The van der Waals surface area contributed by atoms with Gasteiger partial charge in [0.25, 0.3) is 0 Å². The van der Waals surface area contributed by atoms with Gasteiger partial charge >= 0.3 is 0 Å². The lowest BCUT2D eigenvalue weighted by atomic mass is 10.1. The maximum Gasteiger partial charge on any atom is 0.0937 e. The molecule has 1 saturated heterocycles. The SMILES string of the molecule is CN(I)C1CCOCC1O. The van der Waals surface area contributed by atoms with Crippen LogP contribution in [0.15, 0.2) is 0 Å². The van der Waals surface area contributed by atoms with Crippen molar-refractivity contribution in [1.82, 2.24) is 3.11 Å². The van der Waals surface area contributed by atoms with Gasteiger partial charge in [0.2, 0.25) is 0 Å². The minimum atomic E-state index is -0.310. The van der Waals surface area contributed by atoms with Crippen LogP contribution in [-0.4, -0.2) is 40.6 Å². The van der Waals surface area contributed by atoms with Crippen molar-refractivity contribution in [3.63, 3.8) is 0 Å². The second kappa shape index (κ2) is 3.85. The van der Waals surface area contributed by atoms with Gasteiger partial charge in [0.15, 0.2) is 0 Å². The summed E-state index contributed by atoms with van der Waals surface area (Å²) < 4.78 is 7.10. The first-order chi connectivity index (χ1) is 4.72. The van der Waals surface area contributed by atoms with Crippen molar-refractivity contribution >= 4 is 22.9 Å². The Bertz CT molecular complexity index is 110. The minimum absolute atomic E-state index is 0.273. The predicted octanol–water partition coefficient (Wildman–Crippen LogP) is 0.418. The van der Waals surface area contributed by atoms with Crippen LogP contribution >= 0.6 is 22.9 Å². The second-order valence-corrected chi connectivity index (χ2v) is 4.05. The molecule has 2 atom stereocenters. The summed E-state index contributed by atoms with van der Waals surface area (Å²) in [6.07, 6.45) is 0.622. The Morgan fingerprint density at radius 2 is 2.40 bits per heavy atom. The summed E-state index contributed by atoms with van der Waals surface area (Å²) in [7, 11) is 1.97. The number of halogens is 1. The molecule has 1 aliphatic heterocycles. The third-order valence-corrected chi connectivity index (χ3v) is 2.46. The third kappa shape index (κ3) is 2.05. The fraction of sp³-hybridized carbons (Fsp3) is 1.00. The van der Waals surface area contributed by atoms with Crippen molar-refractivity contribution in [1.29, 1.82) is 0 Å². The highest BCUT2D eigenvalue weighted by molar-refractivity contribution is 14.1. The van der Waals surface area contributed by atoms with E-state index >= 15 is 0 Å². The van der Waals surface area contributed by atoms with E-state index < -0.39 is 0 Å². The molecule has 1 N–H and O–H groups in total. The molecule has 0 aliphatic carbocycles. The van der Waals surface area contributed by atoms with Gasteiger partial charge in [-0.05, 0) is 13.5 Å². The van der Waals surface area contributed by atoms with E-state index in [0.29, 0.717) is 6.61 Å². The van der Waals surface area contributed by atoms with Gasteiger partial charge in [-0.2, -0.15) is 0 Å². The zero-order valence-electron chi connectivity index (χ0n) is 5.96. The Balaban J connectivity index is 2.40. The lowest BCUT2D eigenvalue weighted by Gasteiger charge is -2.31. The van der Waals surface area contributed by atoms with Crippen molar-refractivity contribution in [2.75, 3.05) is 20.3 Å². The molecule has 0 radical (unpaired) electrons. The smallest absolute Gasteiger partial charge is 0.0937 e. The van der Waals surface area contributed by atoms with Crippen molar-refractivity contribution < 1.29 is 9.84 Å². The van der Waals surface area contributed by atoms with Crippen LogP contribution in [0.5, 0.6) is 0 Å². The minimum Gasteiger partial charge on any atom is -0.389 e. The van der Waals surface area contributed by atoms with Gasteiger partial charge in [0, 0.05) is 35.5 Å². The molecule has 0 aromatic heterocycles. The largest absolute Gasteiger partial charge is 0.389 e. The molecule has 1 rings (SSSR count). The van der Waals surface area contributed by atoms with Crippen LogP contribution in [0.25, 0.3) is 0 Å². The maximum absolute atomic E-state index is 9.37. The Kier molecular flexibility index (Phi) is 3.35. The topological polar surface area (TPSA) is 32.7 Å². The number of likely N-dealkylation sites (N-methyl/N-ethyl adjacent to an activating group) is 1. The van der Waals surface area contributed by atoms with Crippen LogP contribution in [0.2, 0.25) is 0 Å². The first-order valence-corrected chi connectivity index (χ1v) is 4.32. The molecular formula is C6H12INO2. The molecule has 0 aromatic carbocycles. The third-order valence-electron chi connectivity index (χ3n) is 1.75. The summed E-state index contributed by atoms with van der Waals surface area (Å²) in [4.78, 5) is 0. The van der Waals surface area contributed by atoms with E-state index in [1.807, 2.05) is 10.2 Å². The van der Waals surface area contributed by atoms with E-state index in [0.717, 1.165) is 13.0 Å². The Morgan fingerprint density at radius 3 is 2.80 bits per heavy atom. The van der Waals surface area contributed by atoms with E-state index in [9.17, 15) is 5.11 Å². The number of hydrogen-bond donors (Lipinski definition) is 1. The normalized spacial score (nSPS) is 34.8. The van der Waals surface area contributed by atoms with Crippen molar-refractivity contribution in [2.45, 2.75) is 18.6 Å². The van der Waals surface area contributed by atoms with Crippen LogP contribution in [0.1, 0.15) is 6.42 Å². The Morgan fingerprint density at radius 1 is 1.70 bits per heavy atom. The second-order valence-electron chi connectivity index (χ2n) is 2.52. The molecule has 0 bridgehead atoms. The molecule has 1 fully saturated rings. The molecule has 0 aromatic rings. The zero-order valence-corrected chi connectivity index (χ0v) is 8.11. The molecule has 60 valence electrons. The molecule has 4 heteroatoms. The van der Waals surface area contributed by atoms with Crippen LogP contribution in [0.4, 0.5) is 0 Å². The molecule has 2 unspecified atom stereocenters. The summed E-state index contributed by atoms with van der Waals surface area (Å²) in [5.41, 5.74) is 0. The monoisotopic (exact) mass is 257 g/mol. The first-order valence-electron chi connectivity index (χ1n) is 3.36. The van der Waals surface area contributed by atoms with E-state index in [1.165, 1.54) is 0 Å². The number of nitrogens with zero attached hydrogens (tertiary/aromatic N) is 1. The number of rotatable bonds is 1. The van der Waals surface area contributed by atoms with Crippen LogP contribution < -0.4 is 0 Å². The Labute approximate surface area is 74.8 Å². The molecular weight excluding hydrogens is 245 g/mol. The van der Waals surface area contributed by atoms with Gasteiger partial charge in [-0.1, -0.05) is 0 Å². The molecule has 1 aliphatic rings. The molecule has 10 heavy (non-hydrogen) atoms.